The van der Waals surface area contributed by atoms with Crippen molar-refractivity contribution in [3.05, 3.63) is 29.3 Å². The lowest BCUT2D eigenvalue weighted by Gasteiger charge is -2.70. The van der Waals surface area contributed by atoms with Gasteiger partial charge in [0.1, 0.15) is 12.4 Å². The Kier molecular flexibility index (Phi) is 4.78. The van der Waals surface area contributed by atoms with E-state index in [-0.39, 0.29) is 48.3 Å². The third-order valence-electron chi connectivity index (χ3n) is 5.60. The van der Waals surface area contributed by atoms with Crippen LogP contribution in [-0.4, -0.2) is 48.3 Å². The molecular formula is C19H24ClN3O4. The van der Waals surface area contributed by atoms with Crippen LogP contribution in [0.25, 0.3) is 0 Å². The highest BCUT2D eigenvalue weighted by Crippen LogP contribution is 2.60. The van der Waals surface area contributed by atoms with Crippen LogP contribution in [0, 0.1) is 0 Å². The molecule has 8 heteroatoms. The lowest BCUT2D eigenvalue weighted by molar-refractivity contribution is -0.154. The molecule has 4 saturated carbocycles. The van der Waals surface area contributed by atoms with Crippen LogP contribution < -0.4 is 21.1 Å². The first-order chi connectivity index (χ1) is 12.9. The van der Waals surface area contributed by atoms with E-state index in [1.807, 2.05) is 0 Å². The maximum Gasteiger partial charge on any atom is 0.258 e. The molecule has 27 heavy (non-hydrogen) atoms. The van der Waals surface area contributed by atoms with E-state index in [1.54, 1.807) is 24.3 Å². The maximum atomic E-state index is 12.1. The van der Waals surface area contributed by atoms with Crippen LogP contribution in [0.3, 0.4) is 0 Å². The van der Waals surface area contributed by atoms with Crippen molar-refractivity contribution in [3.63, 3.8) is 0 Å². The van der Waals surface area contributed by atoms with Crippen LogP contribution >= 0.6 is 11.6 Å². The van der Waals surface area contributed by atoms with Gasteiger partial charge in [-0.3, -0.25) is 9.59 Å². The van der Waals surface area contributed by atoms with Gasteiger partial charge in [-0.2, -0.15) is 0 Å². The zero-order chi connectivity index (χ0) is 19.1. The summed E-state index contributed by atoms with van der Waals surface area (Å²) < 4.78 is 11.0. The van der Waals surface area contributed by atoms with Crippen LogP contribution in [0.2, 0.25) is 5.02 Å². The van der Waals surface area contributed by atoms with Gasteiger partial charge < -0.3 is 25.8 Å². The number of carbonyl (C=O) groups excluding carboxylic acids is 2. The summed E-state index contributed by atoms with van der Waals surface area (Å²) in [6, 6.07) is 7.08. The number of nitrogens with two attached hydrogens (primary N) is 1. The topological polar surface area (TPSA) is 103 Å². The van der Waals surface area contributed by atoms with E-state index in [0.29, 0.717) is 10.8 Å². The molecule has 1 aromatic carbocycles. The van der Waals surface area contributed by atoms with Crippen LogP contribution in [-0.2, 0) is 14.3 Å². The van der Waals surface area contributed by atoms with Crippen molar-refractivity contribution in [1.82, 2.24) is 10.6 Å². The van der Waals surface area contributed by atoms with E-state index >= 15 is 0 Å². The van der Waals surface area contributed by atoms with Crippen molar-refractivity contribution in [2.75, 3.05) is 13.2 Å². The number of ether oxygens (including phenoxy) is 2. The minimum atomic E-state index is -0.199. The van der Waals surface area contributed by atoms with Crippen LogP contribution in [0.4, 0.5) is 0 Å². The molecule has 2 bridgehead atoms. The highest BCUT2D eigenvalue weighted by molar-refractivity contribution is 6.30. The first-order valence-corrected chi connectivity index (χ1v) is 9.61. The largest absolute Gasteiger partial charge is 0.484 e. The zero-order valence-corrected chi connectivity index (χ0v) is 15.8. The molecule has 0 heterocycles. The number of carbonyl (C=O) groups is 2. The van der Waals surface area contributed by atoms with Gasteiger partial charge in [0.25, 0.3) is 5.91 Å². The molecule has 0 spiro atoms. The number of nitrogens with one attached hydrogen (secondary N) is 2. The van der Waals surface area contributed by atoms with E-state index < -0.39 is 0 Å². The van der Waals surface area contributed by atoms with Gasteiger partial charge in [-0.15, -0.1) is 0 Å². The molecule has 0 unspecified atom stereocenters. The van der Waals surface area contributed by atoms with Crippen molar-refractivity contribution in [1.29, 1.82) is 0 Å². The van der Waals surface area contributed by atoms with Gasteiger partial charge in [0, 0.05) is 22.1 Å². The summed E-state index contributed by atoms with van der Waals surface area (Å²) in [6.07, 6.45) is 4.04. The smallest absolute Gasteiger partial charge is 0.258 e. The monoisotopic (exact) mass is 393 g/mol. The summed E-state index contributed by atoms with van der Waals surface area (Å²) in [7, 11) is 0. The second-order valence-corrected chi connectivity index (χ2v) is 8.53. The van der Waals surface area contributed by atoms with E-state index in [1.165, 1.54) is 0 Å². The summed E-state index contributed by atoms with van der Waals surface area (Å²) in [5, 5.41) is 6.69. The minimum absolute atomic E-state index is 0.0416. The van der Waals surface area contributed by atoms with Crippen molar-refractivity contribution in [3.8, 4) is 5.75 Å². The SMILES string of the molecule is NC1CC(OCC(=O)NC23CC(NC(=O)COc4ccc(Cl)cc4)(C2)C3)C1. The Morgan fingerprint density at radius 3 is 2.15 bits per heavy atom. The first-order valence-electron chi connectivity index (χ1n) is 9.23. The van der Waals surface area contributed by atoms with Gasteiger partial charge in [-0.25, -0.2) is 0 Å². The molecule has 5 rings (SSSR count). The van der Waals surface area contributed by atoms with Crippen molar-refractivity contribution in [2.45, 2.75) is 55.3 Å². The summed E-state index contributed by atoms with van der Waals surface area (Å²) in [4.78, 5) is 24.1. The molecule has 1 aromatic rings. The molecule has 0 radical (unpaired) electrons. The number of hydrogen-bond acceptors (Lipinski definition) is 5. The first kappa shape index (κ1) is 18.5. The summed E-state index contributed by atoms with van der Waals surface area (Å²) in [6.45, 7) is 0.0353. The fourth-order valence-corrected chi connectivity index (χ4v) is 4.46. The van der Waals surface area contributed by atoms with E-state index in [4.69, 9.17) is 26.8 Å². The average Bonchev–Trinajstić information content (AvgIpc) is 2.54. The summed E-state index contributed by atoms with van der Waals surface area (Å²) in [5.74, 6) is 0.346. The second-order valence-electron chi connectivity index (χ2n) is 8.09. The van der Waals surface area contributed by atoms with Gasteiger partial charge >= 0.3 is 0 Å². The zero-order valence-electron chi connectivity index (χ0n) is 15.0. The number of halogens is 1. The minimum Gasteiger partial charge on any atom is -0.484 e. The number of rotatable bonds is 8. The molecule has 146 valence electrons. The summed E-state index contributed by atoms with van der Waals surface area (Å²) >= 11 is 5.82. The Hall–Kier alpha value is -1.83. The lowest BCUT2D eigenvalue weighted by Crippen LogP contribution is -2.84. The highest BCUT2D eigenvalue weighted by Gasteiger charge is 2.69. The molecule has 4 fully saturated rings. The molecule has 4 aliphatic rings. The van der Waals surface area contributed by atoms with Gasteiger partial charge in [0.2, 0.25) is 5.91 Å². The predicted molar refractivity (Wildman–Crippen MR) is 99.5 cm³/mol. The van der Waals surface area contributed by atoms with Crippen molar-refractivity contribution < 1.29 is 19.1 Å². The molecule has 0 aromatic heterocycles. The number of amides is 2. The quantitative estimate of drug-likeness (QED) is 0.614. The van der Waals surface area contributed by atoms with Gasteiger partial charge in [-0.05, 0) is 56.4 Å². The van der Waals surface area contributed by atoms with Crippen LogP contribution in [0.1, 0.15) is 32.1 Å². The van der Waals surface area contributed by atoms with Crippen LogP contribution in [0.15, 0.2) is 24.3 Å². The highest BCUT2D eigenvalue weighted by atomic mass is 35.5. The number of hydrogen-bond donors (Lipinski definition) is 3. The van der Waals surface area contributed by atoms with Crippen molar-refractivity contribution >= 4 is 23.4 Å². The standard InChI is InChI=1S/C19H24ClN3O4/c20-12-1-3-14(4-2-12)26-7-16(24)22-18-9-19(10-18,11-18)23-17(25)8-27-15-5-13(21)6-15/h1-4,13,15H,5-11,21H2,(H,22,24)(H,23,25). The summed E-state index contributed by atoms with van der Waals surface area (Å²) in [5.41, 5.74) is 5.32. The van der Waals surface area contributed by atoms with Crippen molar-refractivity contribution in [2.24, 2.45) is 5.73 Å². The van der Waals surface area contributed by atoms with E-state index in [0.717, 1.165) is 32.1 Å². The molecule has 7 nitrogen and oxygen atoms in total. The van der Waals surface area contributed by atoms with Gasteiger partial charge in [0.05, 0.1) is 6.10 Å². The molecule has 0 atom stereocenters. The Bertz CT molecular complexity index is 713. The maximum absolute atomic E-state index is 12.1. The molecule has 4 aliphatic carbocycles. The van der Waals surface area contributed by atoms with Crippen LogP contribution in [0.5, 0.6) is 5.75 Å². The molecule has 4 N–H and O–H groups in total. The normalized spacial score (nSPS) is 33.1. The third-order valence-corrected chi connectivity index (χ3v) is 5.86. The van der Waals surface area contributed by atoms with Gasteiger partial charge in [0.15, 0.2) is 6.61 Å². The predicted octanol–water partition coefficient (Wildman–Crippen LogP) is 1.13. The van der Waals surface area contributed by atoms with Gasteiger partial charge in [-0.1, -0.05) is 11.6 Å². The van der Waals surface area contributed by atoms with E-state index in [9.17, 15) is 9.59 Å². The van der Waals surface area contributed by atoms with E-state index in [2.05, 4.69) is 10.6 Å². The Balaban J connectivity index is 1.13. The lowest BCUT2D eigenvalue weighted by atomic mass is 9.44. The Labute approximate surface area is 162 Å². The molecule has 0 saturated heterocycles. The fourth-order valence-electron chi connectivity index (χ4n) is 4.33. The average molecular weight is 394 g/mol. The second kappa shape index (κ2) is 6.96. The Morgan fingerprint density at radius 1 is 1.04 bits per heavy atom. The molecule has 2 amide bonds. The molecule has 0 aliphatic heterocycles. The fraction of sp³-hybridized carbons (Fsp3) is 0.579. The number of benzene rings is 1. The Morgan fingerprint density at radius 2 is 1.59 bits per heavy atom. The third kappa shape index (κ3) is 4.05. The molecular weight excluding hydrogens is 370 g/mol.